The van der Waals surface area contributed by atoms with E-state index in [1.54, 1.807) is 24.3 Å². The number of nitrogen functional groups attached to an aromatic ring is 1. The maximum atomic E-state index is 5.88. The average Bonchev–Trinajstić information content (AvgIpc) is 2.39. The summed E-state index contributed by atoms with van der Waals surface area (Å²) in [4.78, 5) is 8.32. The predicted octanol–water partition coefficient (Wildman–Crippen LogP) is 3.80. The van der Waals surface area contributed by atoms with Crippen LogP contribution in [0, 0.1) is 0 Å². The highest BCUT2D eigenvalue weighted by Gasteiger charge is 2.08. The van der Waals surface area contributed by atoms with Crippen molar-refractivity contribution in [3.8, 4) is 11.6 Å². The SMILES string of the molecule is CCOCc1nc(N)cc(Oc2ccc(Cl)cc2Br)n1. The van der Waals surface area contributed by atoms with Crippen molar-refractivity contribution in [2.75, 3.05) is 12.3 Å². The molecule has 0 aliphatic carbocycles. The minimum atomic E-state index is 0.291. The van der Waals surface area contributed by atoms with E-state index >= 15 is 0 Å². The Hall–Kier alpha value is -1.37. The molecule has 0 radical (unpaired) electrons. The van der Waals surface area contributed by atoms with Gasteiger partial charge >= 0.3 is 0 Å². The van der Waals surface area contributed by atoms with Gasteiger partial charge in [0.05, 0.1) is 4.47 Å². The molecular weight excluding hydrogens is 346 g/mol. The number of nitrogens with two attached hydrogens (primary N) is 1. The maximum absolute atomic E-state index is 5.88. The van der Waals surface area contributed by atoms with E-state index in [0.29, 0.717) is 41.5 Å². The summed E-state index contributed by atoms with van der Waals surface area (Å²) in [5.41, 5.74) is 5.73. The quantitative estimate of drug-likeness (QED) is 0.880. The Labute approximate surface area is 130 Å². The van der Waals surface area contributed by atoms with E-state index in [0.717, 1.165) is 4.47 Å². The first-order chi connectivity index (χ1) is 9.58. The zero-order valence-electron chi connectivity index (χ0n) is 10.8. The normalized spacial score (nSPS) is 10.6. The Morgan fingerprint density at radius 3 is 2.80 bits per heavy atom. The van der Waals surface area contributed by atoms with Crippen LogP contribution >= 0.6 is 27.5 Å². The highest BCUT2D eigenvalue weighted by Crippen LogP contribution is 2.31. The van der Waals surface area contributed by atoms with Gasteiger partial charge in [-0.1, -0.05) is 11.6 Å². The number of aromatic nitrogens is 2. The Bertz CT molecular complexity index is 610. The third-order valence-electron chi connectivity index (χ3n) is 2.31. The fourth-order valence-corrected chi connectivity index (χ4v) is 2.24. The fraction of sp³-hybridized carbons (Fsp3) is 0.231. The van der Waals surface area contributed by atoms with Crippen molar-refractivity contribution in [3.63, 3.8) is 0 Å². The minimum Gasteiger partial charge on any atom is -0.438 e. The molecule has 1 aromatic carbocycles. The van der Waals surface area contributed by atoms with E-state index in [9.17, 15) is 0 Å². The monoisotopic (exact) mass is 357 g/mol. The zero-order valence-corrected chi connectivity index (χ0v) is 13.1. The second-order valence-corrected chi connectivity index (χ2v) is 5.15. The summed E-state index contributed by atoms with van der Waals surface area (Å²) < 4.78 is 11.7. The van der Waals surface area contributed by atoms with Crippen molar-refractivity contribution in [2.45, 2.75) is 13.5 Å². The summed E-state index contributed by atoms with van der Waals surface area (Å²) in [6, 6.07) is 6.76. The smallest absolute Gasteiger partial charge is 0.224 e. The van der Waals surface area contributed by atoms with Crippen molar-refractivity contribution in [3.05, 3.63) is 39.6 Å². The van der Waals surface area contributed by atoms with Gasteiger partial charge in [-0.25, -0.2) is 4.98 Å². The van der Waals surface area contributed by atoms with Crippen LogP contribution in [-0.4, -0.2) is 16.6 Å². The summed E-state index contributed by atoms with van der Waals surface area (Å²) >= 11 is 9.25. The van der Waals surface area contributed by atoms with E-state index in [2.05, 4.69) is 25.9 Å². The molecule has 0 spiro atoms. The molecule has 1 heterocycles. The largest absolute Gasteiger partial charge is 0.438 e. The van der Waals surface area contributed by atoms with Gasteiger partial charge in [0.1, 0.15) is 18.2 Å². The molecule has 1 aromatic heterocycles. The van der Waals surface area contributed by atoms with Crippen LogP contribution in [0.4, 0.5) is 5.82 Å². The molecule has 5 nitrogen and oxygen atoms in total. The van der Waals surface area contributed by atoms with E-state index in [4.69, 9.17) is 26.8 Å². The topological polar surface area (TPSA) is 70.3 Å². The number of halogens is 2. The molecule has 0 aliphatic rings. The molecule has 0 bridgehead atoms. The zero-order chi connectivity index (χ0) is 14.5. The highest BCUT2D eigenvalue weighted by molar-refractivity contribution is 9.10. The molecule has 2 rings (SSSR count). The Balaban J connectivity index is 2.21. The van der Waals surface area contributed by atoms with Crippen LogP contribution in [-0.2, 0) is 11.3 Å². The molecule has 2 N–H and O–H groups in total. The van der Waals surface area contributed by atoms with E-state index in [1.165, 1.54) is 0 Å². The first-order valence-electron chi connectivity index (χ1n) is 5.92. The van der Waals surface area contributed by atoms with Gasteiger partial charge in [0, 0.05) is 17.7 Å². The molecule has 0 saturated carbocycles. The van der Waals surface area contributed by atoms with Crippen molar-refractivity contribution in [2.24, 2.45) is 0 Å². The summed E-state index contributed by atoms with van der Waals surface area (Å²) in [5.74, 6) is 1.76. The number of benzene rings is 1. The van der Waals surface area contributed by atoms with Gasteiger partial charge in [-0.3, -0.25) is 0 Å². The van der Waals surface area contributed by atoms with Crippen LogP contribution in [0.2, 0.25) is 5.02 Å². The van der Waals surface area contributed by atoms with E-state index < -0.39 is 0 Å². The first-order valence-corrected chi connectivity index (χ1v) is 7.09. The second kappa shape index (κ2) is 6.88. The number of hydrogen-bond acceptors (Lipinski definition) is 5. The lowest BCUT2D eigenvalue weighted by Gasteiger charge is -2.09. The number of ether oxygens (including phenoxy) is 2. The van der Waals surface area contributed by atoms with Crippen LogP contribution in [0.15, 0.2) is 28.7 Å². The molecule has 0 atom stereocenters. The van der Waals surface area contributed by atoms with E-state index in [-0.39, 0.29) is 0 Å². The molecular formula is C13H13BrClN3O2. The third-order valence-corrected chi connectivity index (χ3v) is 3.17. The van der Waals surface area contributed by atoms with Gasteiger partial charge in [0.2, 0.25) is 5.88 Å². The molecule has 0 unspecified atom stereocenters. The Morgan fingerprint density at radius 2 is 2.10 bits per heavy atom. The van der Waals surface area contributed by atoms with E-state index in [1.807, 2.05) is 6.92 Å². The molecule has 0 aliphatic heterocycles. The Kier molecular flexibility index (Phi) is 5.17. The van der Waals surface area contributed by atoms with Crippen LogP contribution < -0.4 is 10.5 Å². The van der Waals surface area contributed by atoms with Crippen molar-refractivity contribution in [1.82, 2.24) is 9.97 Å². The summed E-state index contributed by atoms with van der Waals surface area (Å²) in [6.07, 6.45) is 0. The summed E-state index contributed by atoms with van der Waals surface area (Å²) in [7, 11) is 0. The molecule has 0 amide bonds. The van der Waals surface area contributed by atoms with Gasteiger partial charge in [0.25, 0.3) is 0 Å². The molecule has 0 fully saturated rings. The maximum Gasteiger partial charge on any atom is 0.224 e. The van der Waals surface area contributed by atoms with Crippen LogP contribution in [0.25, 0.3) is 0 Å². The number of anilines is 1. The number of nitrogens with zero attached hydrogens (tertiary/aromatic N) is 2. The lowest BCUT2D eigenvalue weighted by atomic mass is 10.3. The van der Waals surface area contributed by atoms with Gasteiger partial charge in [-0.2, -0.15) is 4.98 Å². The predicted molar refractivity (Wildman–Crippen MR) is 81.0 cm³/mol. The summed E-state index contributed by atoms with van der Waals surface area (Å²) in [6.45, 7) is 2.77. The standard InChI is InChI=1S/C13H13BrClN3O2/c1-2-19-7-12-17-11(16)6-13(18-12)20-10-4-3-8(15)5-9(10)14/h3-6H,2,7H2,1H3,(H2,16,17,18). The van der Waals surface area contributed by atoms with Gasteiger partial charge in [0.15, 0.2) is 5.82 Å². The summed E-state index contributed by atoms with van der Waals surface area (Å²) in [5, 5.41) is 0.614. The van der Waals surface area contributed by atoms with Gasteiger partial charge in [-0.05, 0) is 41.1 Å². The van der Waals surface area contributed by atoms with Crippen LogP contribution in [0.5, 0.6) is 11.6 Å². The van der Waals surface area contributed by atoms with Crippen LogP contribution in [0.3, 0.4) is 0 Å². The number of rotatable bonds is 5. The molecule has 20 heavy (non-hydrogen) atoms. The van der Waals surface area contributed by atoms with Gasteiger partial charge < -0.3 is 15.2 Å². The minimum absolute atomic E-state index is 0.291. The lowest BCUT2D eigenvalue weighted by molar-refractivity contribution is 0.128. The fourth-order valence-electron chi connectivity index (χ4n) is 1.47. The van der Waals surface area contributed by atoms with Crippen molar-refractivity contribution >= 4 is 33.3 Å². The van der Waals surface area contributed by atoms with Gasteiger partial charge in [-0.15, -0.1) is 0 Å². The third kappa shape index (κ3) is 4.06. The molecule has 7 heteroatoms. The average molecular weight is 359 g/mol. The first kappa shape index (κ1) is 15.0. The van der Waals surface area contributed by atoms with Crippen LogP contribution in [0.1, 0.15) is 12.7 Å². The molecule has 2 aromatic rings. The second-order valence-electron chi connectivity index (χ2n) is 3.86. The van der Waals surface area contributed by atoms with Crippen molar-refractivity contribution in [1.29, 1.82) is 0 Å². The lowest BCUT2D eigenvalue weighted by Crippen LogP contribution is -2.03. The number of hydrogen-bond donors (Lipinski definition) is 1. The molecule has 0 saturated heterocycles. The molecule has 106 valence electrons. The Morgan fingerprint density at radius 1 is 1.30 bits per heavy atom. The highest BCUT2D eigenvalue weighted by atomic mass is 79.9. The van der Waals surface area contributed by atoms with Crippen molar-refractivity contribution < 1.29 is 9.47 Å².